The number of hydrogen-bond donors (Lipinski definition) is 2. The quantitative estimate of drug-likeness (QED) is 0.544. The number of amides is 1. The topological polar surface area (TPSA) is 82.7 Å². The fourth-order valence-corrected chi connectivity index (χ4v) is 4.96. The molecule has 0 unspecified atom stereocenters. The van der Waals surface area contributed by atoms with Crippen molar-refractivity contribution in [2.24, 2.45) is 0 Å². The van der Waals surface area contributed by atoms with Gasteiger partial charge < -0.3 is 5.32 Å². The van der Waals surface area contributed by atoms with Crippen LogP contribution in [0.5, 0.6) is 0 Å². The van der Waals surface area contributed by atoms with Gasteiger partial charge in [-0.25, -0.2) is 0 Å². The van der Waals surface area contributed by atoms with E-state index in [1.165, 1.54) is 11.3 Å². The summed E-state index contributed by atoms with van der Waals surface area (Å²) in [6.45, 7) is 2.61. The third-order valence-corrected chi connectivity index (χ3v) is 6.24. The summed E-state index contributed by atoms with van der Waals surface area (Å²) in [7, 11) is 0. The molecule has 9 heteroatoms. The summed E-state index contributed by atoms with van der Waals surface area (Å²) in [4.78, 5) is 13.6. The number of thiocarbonyl (C=S) groups is 1. The van der Waals surface area contributed by atoms with Gasteiger partial charge in [0.25, 0.3) is 5.91 Å². The Morgan fingerprint density at radius 3 is 2.92 bits per heavy atom. The summed E-state index contributed by atoms with van der Waals surface area (Å²) < 4.78 is 2.28. The molecule has 2 aromatic rings. The zero-order valence-electron chi connectivity index (χ0n) is 14.3. The van der Waals surface area contributed by atoms with E-state index in [0.717, 1.165) is 31.2 Å². The summed E-state index contributed by atoms with van der Waals surface area (Å²) in [5, 5.41) is 20.3. The van der Waals surface area contributed by atoms with E-state index in [1.807, 2.05) is 6.92 Å². The molecule has 0 radical (unpaired) electrons. The van der Waals surface area contributed by atoms with Gasteiger partial charge >= 0.3 is 0 Å². The van der Waals surface area contributed by atoms with Crippen molar-refractivity contribution in [2.75, 3.05) is 5.32 Å². The second kappa shape index (κ2) is 8.29. The minimum atomic E-state index is -0.391. The average Bonchev–Trinajstić information content (AvgIpc) is 3.06. The lowest BCUT2D eigenvalue weighted by Crippen LogP contribution is -2.34. The van der Waals surface area contributed by atoms with Crippen LogP contribution in [0.3, 0.4) is 0 Å². The van der Waals surface area contributed by atoms with E-state index >= 15 is 0 Å². The van der Waals surface area contributed by atoms with Crippen molar-refractivity contribution in [3.05, 3.63) is 32.4 Å². The molecule has 2 aromatic heterocycles. The van der Waals surface area contributed by atoms with Gasteiger partial charge in [-0.05, 0) is 66.3 Å². The van der Waals surface area contributed by atoms with Gasteiger partial charge in [0.05, 0.1) is 10.0 Å². The van der Waals surface area contributed by atoms with Crippen LogP contribution in [0.15, 0.2) is 10.7 Å². The van der Waals surface area contributed by atoms with Crippen LogP contribution in [-0.2, 0) is 19.4 Å². The smallest absolute Gasteiger partial charge is 0.279 e. The predicted molar refractivity (Wildman–Crippen MR) is 110 cm³/mol. The molecular weight excluding hydrogens is 434 g/mol. The molecule has 2 heterocycles. The molecule has 1 aliphatic rings. The number of halogens is 1. The molecule has 3 rings (SSSR count). The summed E-state index contributed by atoms with van der Waals surface area (Å²) in [6.07, 6.45) is 7.12. The Morgan fingerprint density at radius 2 is 2.23 bits per heavy atom. The number of nitrogens with one attached hydrogen (secondary N) is 2. The van der Waals surface area contributed by atoms with E-state index in [1.54, 1.807) is 22.2 Å². The van der Waals surface area contributed by atoms with Gasteiger partial charge in [0.1, 0.15) is 11.1 Å². The molecule has 0 saturated heterocycles. The van der Waals surface area contributed by atoms with Crippen molar-refractivity contribution in [1.29, 1.82) is 5.26 Å². The molecule has 0 bridgehead atoms. The van der Waals surface area contributed by atoms with Crippen molar-refractivity contribution in [2.45, 2.75) is 45.6 Å². The van der Waals surface area contributed by atoms with Crippen molar-refractivity contribution in [1.82, 2.24) is 15.1 Å². The van der Waals surface area contributed by atoms with Crippen LogP contribution in [0.4, 0.5) is 5.00 Å². The van der Waals surface area contributed by atoms with Gasteiger partial charge in [-0.3, -0.25) is 14.8 Å². The first kappa shape index (κ1) is 19.0. The maximum absolute atomic E-state index is 12.4. The van der Waals surface area contributed by atoms with E-state index in [0.29, 0.717) is 21.6 Å². The standard InChI is InChI=1S/C17H18BrN5OS2/c1-2-23-9-12(18)14(22-23)15(24)20-17(25)21-16-11(8-19)10-6-4-3-5-7-13(10)26-16/h9H,2-7H2,1H3,(H2,20,21,24,25). The van der Waals surface area contributed by atoms with Crippen LogP contribution in [0, 0.1) is 11.3 Å². The number of hydrogen-bond acceptors (Lipinski definition) is 5. The van der Waals surface area contributed by atoms with Crippen LogP contribution >= 0.6 is 39.5 Å². The van der Waals surface area contributed by atoms with Gasteiger partial charge in [0.2, 0.25) is 0 Å². The zero-order chi connectivity index (χ0) is 18.7. The molecule has 26 heavy (non-hydrogen) atoms. The molecule has 2 N–H and O–H groups in total. The number of carbonyl (C=O) groups is 1. The lowest BCUT2D eigenvalue weighted by molar-refractivity contribution is 0.0971. The predicted octanol–water partition coefficient (Wildman–Crippen LogP) is 3.99. The molecule has 0 spiro atoms. The first-order chi connectivity index (χ1) is 12.5. The number of fused-ring (bicyclic) bond motifs is 1. The molecule has 6 nitrogen and oxygen atoms in total. The molecule has 0 fully saturated rings. The van der Waals surface area contributed by atoms with E-state index in [9.17, 15) is 10.1 Å². The molecule has 0 atom stereocenters. The maximum Gasteiger partial charge on any atom is 0.279 e. The second-order valence-electron chi connectivity index (χ2n) is 5.97. The van der Waals surface area contributed by atoms with E-state index < -0.39 is 5.91 Å². The van der Waals surface area contributed by atoms with E-state index in [4.69, 9.17) is 12.2 Å². The van der Waals surface area contributed by atoms with E-state index in [2.05, 4.69) is 37.7 Å². The van der Waals surface area contributed by atoms with Crippen molar-refractivity contribution < 1.29 is 4.79 Å². The van der Waals surface area contributed by atoms with Gasteiger partial charge in [0, 0.05) is 17.6 Å². The Balaban J connectivity index is 1.73. The summed E-state index contributed by atoms with van der Waals surface area (Å²) >= 11 is 10.2. The Labute approximate surface area is 169 Å². The Hall–Kier alpha value is -1.76. The summed E-state index contributed by atoms with van der Waals surface area (Å²) in [5.74, 6) is -0.391. The first-order valence-electron chi connectivity index (χ1n) is 8.43. The van der Waals surface area contributed by atoms with E-state index in [-0.39, 0.29) is 10.8 Å². The zero-order valence-corrected chi connectivity index (χ0v) is 17.5. The highest BCUT2D eigenvalue weighted by Crippen LogP contribution is 2.36. The van der Waals surface area contributed by atoms with Crippen molar-refractivity contribution in [3.63, 3.8) is 0 Å². The molecule has 0 aliphatic heterocycles. The van der Waals surface area contributed by atoms with Crippen molar-refractivity contribution >= 4 is 55.5 Å². The van der Waals surface area contributed by atoms with Gasteiger partial charge in [0.15, 0.2) is 10.8 Å². The molecule has 0 aromatic carbocycles. The third kappa shape index (κ3) is 3.98. The first-order valence-corrected chi connectivity index (χ1v) is 10.4. The van der Waals surface area contributed by atoms with Crippen LogP contribution in [0.25, 0.3) is 0 Å². The minimum absolute atomic E-state index is 0.167. The highest BCUT2D eigenvalue weighted by molar-refractivity contribution is 9.10. The highest BCUT2D eigenvalue weighted by atomic mass is 79.9. The van der Waals surface area contributed by atoms with Crippen molar-refractivity contribution in [3.8, 4) is 6.07 Å². The molecule has 0 saturated carbocycles. The monoisotopic (exact) mass is 451 g/mol. The largest absolute Gasteiger partial charge is 0.323 e. The Kier molecular flexibility index (Phi) is 6.06. The van der Waals surface area contributed by atoms with Crippen LogP contribution in [-0.4, -0.2) is 20.8 Å². The number of anilines is 1. The number of aromatic nitrogens is 2. The number of nitrogens with zero attached hydrogens (tertiary/aromatic N) is 3. The number of nitriles is 1. The maximum atomic E-state index is 12.4. The SMILES string of the molecule is CCn1cc(Br)c(C(=O)NC(=S)Nc2sc3c(c2C#N)CCCCC3)n1. The molecule has 1 aliphatic carbocycles. The van der Waals surface area contributed by atoms with Crippen LogP contribution in [0.1, 0.15) is 52.7 Å². The second-order valence-corrected chi connectivity index (χ2v) is 8.34. The number of carbonyl (C=O) groups excluding carboxylic acids is 1. The molecule has 136 valence electrons. The molecular formula is C17H18BrN5OS2. The Bertz CT molecular complexity index is 896. The third-order valence-electron chi connectivity index (χ3n) is 4.24. The van der Waals surface area contributed by atoms with Crippen LogP contribution in [0.2, 0.25) is 0 Å². The number of rotatable bonds is 3. The normalized spacial score (nSPS) is 13.4. The number of thiophene rings is 1. The van der Waals surface area contributed by atoms with Crippen LogP contribution < -0.4 is 10.6 Å². The summed E-state index contributed by atoms with van der Waals surface area (Å²) in [6, 6.07) is 2.29. The average molecular weight is 452 g/mol. The lowest BCUT2D eigenvalue weighted by Gasteiger charge is -2.08. The van der Waals surface area contributed by atoms with Gasteiger partial charge in [-0.2, -0.15) is 10.4 Å². The fraction of sp³-hybridized carbons (Fsp3) is 0.412. The van der Waals surface area contributed by atoms with Gasteiger partial charge in [-0.15, -0.1) is 11.3 Å². The highest BCUT2D eigenvalue weighted by Gasteiger charge is 2.21. The number of aryl methyl sites for hydroxylation is 2. The fourth-order valence-electron chi connectivity index (χ4n) is 2.96. The lowest BCUT2D eigenvalue weighted by atomic mass is 10.1. The Morgan fingerprint density at radius 1 is 1.46 bits per heavy atom. The summed E-state index contributed by atoms with van der Waals surface area (Å²) in [5.41, 5.74) is 2.06. The molecule has 1 amide bonds. The van der Waals surface area contributed by atoms with Gasteiger partial charge in [-0.1, -0.05) is 6.42 Å². The minimum Gasteiger partial charge on any atom is -0.323 e.